The first-order valence-corrected chi connectivity index (χ1v) is 6.46. The van der Waals surface area contributed by atoms with E-state index in [0.29, 0.717) is 12.2 Å². The van der Waals surface area contributed by atoms with Crippen molar-refractivity contribution in [3.63, 3.8) is 0 Å². The first kappa shape index (κ1) is 12.8. The van der Waals surface area contributed by atoms with Crippen molar-refractivity contribution < 1.29 is 8.42 Å². The van der Waals surface area contributed by atoms with Crippen LogP contribution < -0.4 is 16.2 Å². The van der Waals surface area contributed by atoms with Crippen molar-refractivity contribution in [3.8, 4) is 0 Å². The molecule has 0 saturated heterocycles. The zero-order chi connectivity index (χ0) is 12.3. The van der Waals surface area contributed by atoms with Crippen LogP contribution in [0, 0.1) is 5.92 Å². The molecule has 1 rings (SSSR count). The van der Waals surface area contributed by atoms with Gasteiger partial charge in [0.25, 0.3) is 0 Å². The average molecular weight is 243 g/mol. The molecule has 0 bridgehead atoms. The predicted octanol–water partition coefficient (Wildman–Crippen LogP) is 0.785. The smallest absolute Gasteiger partial charge is 0.240 e. The van der Waals surface area contributed by atoms with Crippen LogP contribution in [0.1, 0.15) is 13.8 Å². The lowest BCUT2D eigenvalue weighted by atomic mass is 10.2. The highest BCUT2D eigenvalue weighted by atomic mass is 32.2. The second-order valence-corrected chi connectivity index (χ2v) is 5.80. The molecule has 90 valence electrons. The van der Waals surface area contributed by atoms with Gasteiger partial charge in [0.05, 0.1) is 16.3 Å². The lowest BCUT2D eigenvalue weighted by Gasteiger charge is -2.09. The number of benzene rings is 1. The molecule has 16 heavy (non-hydrogen) atoms. The fourth-order valence-electron chi connectivity index (χ4n) is 1.08. The Bertz CT molecular complexity index is 469. The van der Waals surface area contributed by atoms with Gasteiger partial charge in [-0.3, -0.25) is 0 Å². The van der Waals surface area contributed by atoms with Gasteiger partial charge in [0.2, 0.25) is 10.0 Å². The van der Waals surface area contributed by atoms with Crippen LogP contribution in [0.4, 0.5) is 11.4 Å². The summed E-state index contributed by atoms with van der Waals surface area (Å²) >= 11 is 0. The molecule has 0 radical (unpaired) electrons. The molecule has 0 aliphatic rings. The van der Waals surface area contributed by atoms with Crippen molar-refractivity contribution in [1.29, 1.82) is 0 Å². The molecule has 5 N–H and O–H groups in total. The van der Waals surface area contributed by atoms with Crippen molar-refractivity contribution in [2.45, 2.75) is 18.7 Å². The predicted molar refractivity (Wildman–Crippen MR) is 65.3 cm³/mol. The third kappa shape index (κ3) is 3.11. The van der Waals surface area contributed by atoms with Crippen LogP contribution in [0.5, 0.6) is 0 Å². The number of nitrogens with two attached hydrogens (primary N) is 2. The van der Waals surface area contributed by atoms with Crippen LogP contribution in [0.25, 0.3) is 0 Å². The third-order valence-corrected chi connectivity index (χ3v) is 3.47. The molecule has 0 saturated carbocycles. The van der Waals surface area contributed by atoms with Crippen LogP contribution in [0.2, 0.25) is 0 Å². The van der Waals surface area contributed by atoms with Gasteiger partial charge in [0, 0.05) is 6.54 Å². The van der Waals surface area contributed by atoms with Gasteiger partial charge in [-0.2, -0.15) is 0 Å². The molecule has 0 fully saturated rings. The number of rotatable bonds is 4. The molecule has 0 heterocycles. The molecule has 5 nitrogen and oxygen atoms in total. The van der Waals surface area contributed by atoms with Crippen LogP contribution >= 0.6 is 0 Å². The first-order chi connectivity index (χ1) is 7.33. The van der Waals surface area contributed by atoms with Gasteiger partial charge in [-0.25, -0.2) is 13.1 Å². The normalized spacial score (nSPS) is 11.9. The van der Waals surface area contributed by atoms with Crippen molar-refractivity contribution >= 4 is 21.4 Å². The van der Waals surface area contributed by atoms with Gasteiger partial charge in [-0.15, -0.1) is 0 Å². The lowest BCUT2D eigenvalue weighted by molar-refractivity contribution is 0.560. The highest BCUT2D eigenvalue weighted by Crippen LogP contribution is 2.19. The quantitative estimate of drug-likeness (QED) is 0.681. The van der Waals surface area contributed by atoms with Gasteiger partial charge in [0.15, 0.2) is 0 Å². The molecule has 0 aliphatic carbocycles. The Balaban J connectivity index is 2.94. The molecule has 1 aromatic rings. The maximum absolute atomic E-state index is 11.8. The SMILES string of the molecule is CC(C)CNS(=O)(=O)c1ccc(N)c(N)c1. The van der Waals surface area contributed by atoms with Crippen molar-refractivity contribution in [1.82, 2.24) is 4.72 Å². The molecule has 6 heteroatoms. The van der Waals surface area contributed by atoms with E-state index in [1.54, 1.807) is 0 Å². The van der Waals surface area contributed by atoms with E-state index in [1.165, 1.54) is 18.2 Å². The van der Waals surface area contributed by atoms with E-state index in [9.17, 15) is 8.42 Å². The average Bonchev–Trinajstić information content (AvgIpc) is 2.19. The van der Waals surface area contributed by atoms with Gasteiger partial charge in [-0.05, 0) is 24.1 Å². The summed E-state index contributed by atoms with van der Waals surface area (Å²) in [5.41, 5.74) is 11.7. The summed E-state index contributed by atoms with van der Waals surface area (Å²) in [7, 11) is -3.48. The highest BCUT2D eigenvalue weighted by molar-refractivity contribution is 7.89. The molecule has 0 spiro atoms. The van der Waals surface area contributed by atoms with Crippen LogP contribution in [-0.2, 0) is 10.0 Å². The lowest BCUT2D eigenvalue weighted by Crippen LogP contribution is -2.27. The summed E-state index contributed by atoms with van der Waals surface area (Å²) in [5, 5.41) is 0. The molecule has 1 aromatic carbocycles. The first-order valence-electron chi connectivity index (χ1n) is 4.97. The summed E-state index contributed by atoms with van der Waals surface area (Å²) in [6.45, 7) is 4.26. The minimum Gasteiger partial charge on any atom is -0.397 e. The summed E-state index contributed by atoms with van der Waals surface area (Å²) in [6, 6.07) is 4.28. The Morgan fingerprint density at radius 2 is 1.88 bits per heavy atom. The van der Waals surface area contributed by atoms with Crippen LogP contribution in [0.15, 0.2) is 23.1 Å². The number of sulfonamides is 1. The maximum atomic E-state index is 11.8. The molecule has 0 unspecified atom stereocenters. The molecular formula is C10H17N3O2S. The van der Waals surface area contributed by atoms with Gasteiger partial charge in [-0.1, -0.05) is 13.8 Å². The van der Waals surface area contributed by atoms with Crippen LogP contribution in [-0.4, -0.2) is 15.0 Å². The Morgan fingerprint density at radius 1 is 1.25 bits per heavy atom. The fraction of sp³-hybridized carbons (Fsp3) is 0.400. The van der Waals surface area contributed by atoms with Crippen molar-refractivity contribution in [2.24, 2.45) is 5.92 Å². The monoisotopic (exact) mass is 243 g/mol. The third-order valence-electron chi connectivity index (χ3n) is 2.05. The summed E-state index contributed by atoms with van der Waals surface area (Å²) < 4.78 is 26.1. The molecule has 0 aromatic heterocycles. The Labute approximate surface area is 95.9 Å². The fourth-order valence-corrected chi connectivity index (χ4v) is 2.33. The molecule has 0 aliphatic heterocycles. The summed E-state index contributed by atoms with van der Waals surface area (Å²) in [6.07, 6.45) is 0. The Kier molecular flexibility index (Phi) is 3.77. The van der Waals surface area contributed by atoms with Crippen molar-refractivity contribution in [2.75, 3.05) is 18.0 Å². The zero-order valence-corrected chi connectivity index (χ0v) is 10.2. The second kappa shape index (κ2) is 4.71. The van der Waals surface area contributed by atoms with Gasteiger partial charge in [0.1, 0.15) is 0 Å². The van der Waals surface area contributed by atoms with E-state index < -0.39 is 10.0 Å². The highest BCUT2D eigenvalue weighted by Gasteiger charge is 2.14. The minimum absolute atomic E-state index is 0.139. The van der Waals surface area contributed by atoms with Gasteiger partial charge < -0.3 is 11.5 Å². The number of nitrogen functional groups attached to an aromatic ring is 2. The Hall–Kier alpha value is -1.27. The van der Waals surface area contributed by atoms with E-state index in [0.717, 1.165) is 0 Å². The van der Waals surface area contributed by atoms with Gasteiger partial charge >= 0.3 is 0 Å². The van der Waals surface area contributed by atoms with E-state index in [1.807, 2.05) is 13.8 Å². The molecule has 0 atom stereocenters. The molecule has 0 amide bonds. The van der Waals surface area contributed by atoms with Crippen molar-refractivity contribution in [3.05, 3.63) is 18.2 Å². The number of nitrogens with one attached hydrogen (secondary N) is 1. The largest absolute Gasteiger partial charge is 0.397 e. The molecular weight excluding hydrogens is 226 g/mol. The summed E-state index contributed by atoms with van der Waals surface area (Å²) in [4.78, 5) is 0.139. The maximum Gasteiger partial charge on any atom is 0.240 e. The van der Waals surface area contributed by atoms with E-state index in [4.69, 9.17) is 11.5 Å². The topological polar surface area (TPSA) is 98.2 Å². The second-order valence-electron chi connectivity index (χ2n) is 4.04. The number of hydrogen-bond donors (Lipinski definition) is 3. The zero-order valence-electron chi connectivity index (χ0n) is 9.40. The Morgan fingerprint density at radius 3 is 2.38 bits per heavy atom. The van der Waals surface area contributed by atoms with Crippen LogP contribution in [0.3, 0.4) is 0 Å². The minimum atomic E-state index is -3.48. The number of anilines is 2. The van der Waals surface area contributed by atoms with E-state index in [-0.39, 0.29) is 16.5 Å². The van der Waals surface area contributed by atoms with E-state index >= 15 is 0 Å². The number of hydrogen-bond acceptors (Lipinski definition) is 4. The summed E-state index contributed by atoms with van der Waals surface area (Å²) in [5.74, 6) is 0.251. The van der Waals surface area contributed by atoms with E-state index in [2.05, 4.69) is 4.72 Å². The standard InChI is InChI=1S/C10H17N3O2S/c1-7(2)6-13-16(14,15)8-3-4-9(11)10(12)5-8/h3-5,7,13H,6,11-12H2,1-2H3.